The predicted octanol–water partition coefficient (Wildman–Crippen LogP) is 1.75. The SMILES string of the molecule is CCCNC(=O)C(CN)Cc1cc(F)c(F)cc1F. The molecule has 1 amide bonds. The van der Waals surface area contributed by atoms with Gasteiger partial charge >= 0.3 is 0 Å². The largest absolute Gasteiger partial charge is 0.356 e. The number of nitrogens with two attached hydrogens (primary N) is 1. The molecular weight excluding hydrogens is 257 g/mol. The van der Waals surface area contributed by atoms with Crippen molar-refractivity contribution >= 4 is 5.91 Å². The number of halogens is 3. The summed E-state index contributed by atoms with van der Waals surface area (Å²) in [7, 11) is 0. The van der Waals surface area contributed by atoms with Crippen molar-refractivity contribution in [1.82, 2.24) is 5.32 Å². The molecule has 0 bridgehead atoms. The van der Waals surface area contributed by atoms with E-state index in [1.807, 2.05) is 6.92 Å². The van der Waals surface area contributed by atoms with E-state index in [1.165, 1.54) is 0 Å². The zero-order valence-electron chi connectivity index (χ0n) is 10.7. The minimum Gasteiger partial charge on any atom is -0.356 e. The van der Waals surface area contributed by atoms with Crippen molar-refractivity contribution in [3.63, 3.8) is 0 Å². The summed E-state index contributed by atoms with van der Waals surface area (Å²) in [5.41, 5.74) is 5.41. The molecule has 0 aromatic heterocycles. The molecule has 0 aliphatic rings. The maximum absolute atomic E-state index is 13.5. The zero-order chi connectivity index (χ0) is 14.4. The molecule has 0 saturated heterocycles. The van der Waals surface area contributed by atoms with Crippen molar-refractivity contribution in [2.45, 2.75) is 19.8 Å². The van der Waals surface area contributed by atoms with Crippen LogP contribution in [0.4, 0.5) is 13.2 Å². The minimum atomic E-state index is -1.25. The highest BCUT2D eigenvalue weighted by atomic mass is 19.2. The van der Waals surface area contributed by atoms with Crippen LogP contribution in [0, 0.1) is 23.4 Å². The first-order valence-corrected chi connectivity index (χ1v) is 6.10. The van der Waals surface area contributed by atoms with Crippen LogP contribution in [0.2, 0.25) is 0 Å². The molecule has 0 aliphatic carbocycles. The van der Waals surface area contributed by atoms with Crippen LogP contribution < -0.4 is 11.1 Å². The molecule has 3 N–H and O–H groups in total. The predicted molar refractivity (Wildman–Crippen MR) is 65.9 cm³/mol. The highest BCUT2D eigenvalue weighted by Gasteiger charge is 2.20. The van der Waals surface area contributed by atoms with Crippen molar-refractivity contribution in [1.29, 1.82) is 0 Å². The quantitative estimate of drug-likeness (QED) is 0.776. The third-order valence-electron chi connectivity index (χ3n) is 2.76. The Morgan fingerprint density at radius 3 is 2.47 bits per heavy atom. The highest BCUT2D eigenvalue weighted by Crippen LogP contribution is 2.17. The topological polar surface area (TPSA) is 55.1 Å². The summed E-state index contributed by atoms with van der Waals surface area (Å²) in [5.74, 6) is -4.23. The molecule has 3 nitrogen and oxygen atoms in total. The summed E-state index contributed by atoms with van der Waals surface area (Å²) >= 11 is 0. The lowest BCUT2D eigenvalue weighted by Crippen LogP contribution is -2.36. The van der Waals surface area contributed by atoms with Gasteiger partial charge in [0.25, 0.3) is 0 Å². The summed E-state index contributed by atoms with van der Waals surface area (Å²) in [4.78, 5) is 11.7. The van der Waals surface area contributed by atoms with Gasteiger partial charge in [0, 0.05) is 19.2 Å². The Morgan fingerprint density at radius 2 is 1.89 bits per heavy atom. The molecule has 1 rings (SSSR count). The lowest BCUT2D eigenvalue weighted by Gasteiger charge is -2.15. The van der Waals surface area contributed by atoms with Crippen LogP contribution in [0.15, 0.2) is 12.1 Å². The van der Waals surface area contributed by atoms with Crippen LogP contribution >= 0.6 is 0 Å². The Kier molecular flexibility index (Phi) is 5.82. The van der Waals surface area contributed by atoms with Gasteiger partial charge in [0.05, 0.1) is 5.92 Å². The molecule has 0 saturated carbocycles. The fourth-order valence-corrected chi connectivity index (χ4v) is 1.66. The molecule has 19 heavy (non-hydrogen) atoms. The molecule has 1 atom stereocenters. The second-order valence-corrected chi connectivity index (χ2v) is 4.29. The van der Waals surface area contributed by atoms with Gasteiger partial charge in [-0.15, -0.1) is 0 Å². The summed E-state index contributed by atoms with van der Waals surface area (Å²) in [6, 6.07) is 1.24. The average Bonchev–Trinajstić information content (AvgIpc) is 2.38. The first kappa shape index (κ1) is 15.5. The van der Waals surface area contributed by atoms with Crippen molar-refractivity contribution in [2.75, 3.05) is 13.1 Å². The second kappa shape index (κ2) is 7.13. The Morgan fingerprint density at radius 1 is 1.26 bits per heavy atom. The van der Waals surface area contributed by atoms with Crippen LogP contribution in [-0.4, -0.2) is 19.0 Å². The Bertz CT molecular complexity index is 452. The first-order chi connectivity index (χ1) is 8.99. The van der Waals surface area contributed by atoms with Gasteiger partial charge in [0.15, 0.2) is 11.6 Å². The molecule has 6 heteroatoms. The van der Waals surface area contributed by atoms with Gasteiger partial charge in [0.1, 0.15) is 5.82 Å². The number of carbonyl (C=O) groups is 1. The Balaban J connectivity index is 2.81. The fourth-order valence-electron chi connectivity index (χ4n) is 1.66. The molecule has 1 aromatic rings. The number of carbonyl (C=O) groups excluding carboxylic acids is 1. The lowest BCUT2D eigenvalue weighted by molar-refractivity contribution is -0.124. The number of nitrogens with one attached hydrogen (secondary N) is 1. The van der Waals surface area contributed by atoms with E-state index in [-0.39, 0.29) is 24.4 Å². The first-order valence-electron chi connectivity index (χ1n) is 6.10. The summed E-state index contributed by atoms with van der Waals surface area (Å²) in [6.45, 7) is 2.40. The standard InChI is InChI=1S/C13H17F3N2O/c1-2-3-18-13(19)9(7-17)4-8-5-11(15)12(16)6-10(8)14/h5-6,9H,2-4,7,17H2,1H3,(H,18,19). The molecule has 1 unspecified atom stereocenters. The maximum Gasteiger partial charge on any atom is 0.224 e. The van der Waals surface area contributed by atoms with E-state index in [9.17, 15) is 18.0 Å². The Hall–Kier alpha value is -1.56. The summed E-state index contributed by atoms with van der Waals surface area (Å²) in [5, 5.41) is 2.64. The second-order valence-electron chi connectivity index (χ2n) is 4.29. The highest BCUT2D eigenvalue weighted by molar-refractivity contribution is 5.79. The van der Waals surface area contributed by atoms with Crippen LogP contribution in [0.1, 0.15) is 18.9 Å². The van der Waals surface area contributed by atoms with Crippen LogP contribution in [0.3, 0.4) is 0 Å². The van der Waals surface area contributed by atoms with E-state index >= 15 is 0 Å². The summed E-state index contributed by atoms with van der Waals surface area (Å²) in [6.07, 6.45) is 0.706. The van der Waals surface area contributed by atoms with Crippen molar-refractivity contribution in [3.05, 3.63) is 35.1 Å². The maximum atomic E-state index is 13.5. The van der Waals surface area contributed by atoms with Crippen LogP contribution in [-0.2, 0) is 11.2 Å². The molecule has 106 valence electrons. The third-order valence-corrected chi connectivity index (χ3v) is 2.76. The van der Waals surface area contributed by atoms with Crippen molar-refractivity contribution in [3.8, 4) is 0 Å². The van der Waals surface area contributed by atoms with Crippen molar-refractivity contribution in [2.24, 2.45) is 11.7 Å². The number of rotatable bonds is 6. The summed E-state index contributed by atoms with van der Waals surface area (Å²) < 4.78 is 39.3. The average molecular weight is 274 g/mol. The van der Waals surface area contributed by atoms with E-state index in [2.05, 4.69) is 5.32 Å². The normalized spacial score (nSPS) is 12.3. The fraction of sp³-hybridized carbons (Fsp3) is 0.462. The number of hydrogen-bond donors (Lipinski definition) is 2. The molecule has 0 aliphatic heterocycles. The van der Waals surface area contributed by atoms with Crippen LogP contribution in [0.25, 0.3) is 0 Å². The van der Waals surface area contributed by atoms with E-state index in [0.29, 0.717) is 12.6 Å². The molecule has 0 fully saturated rings. The van der Waals surface area contributed by atoms with Gasteiger partial charge in [-0.1, -0.05) is 6.92 Å². The molecule has 0 radical (unpaired) electrons. The van der Waals surface area contributed by atoms with E-state index in [1.54, 1.807) is 0 Å². The monoisotopic (exact) mass is 274 g/mol. The number of benzene rings is 1. The van der Waals surface area contributed by atoms with Gasteiger partial charge in [-0.25, -0.2) is 13.2 Å². The Labute approximate surface area is 110 Å². The van der Waals surface area contributed by atoms with E-state index in [4.69, 9.17) is 5.73 Å². The molecule has 1 aromatic carbocycles. The smallest absolute Gasteiger partial charge is 0.224 e. The van der Waals surface area contributed by atoms with Crippen molar-refractivity contribution < 1.29 is 18.0 Å². The molecule has 0 spiro atoms. The molecule has 0 heterocycles. The molecular formula is C13H17F3N2O. The van der Waals surface area contributed by atoms with Gasteiger partial charge < -0.3 is 11.1 Å². The number of hydrogen-bond acceptors (Lipinski definition) is 2. The van der Waals surface area contributed by atoms with Gasteiger partial charge in [-0.2, -0.15) is 0 Å². The van der Waals surface area contributed by atoms with Crippen LogP contribution in [0.5, 0.6) is 0 Å². The number of amides is 1. The lowest BCUT2D eigenvalue weighted by atomic mass is 9.98. The minimum absolute atomic E-state index is 0.00792. The van der Waals surface area contributed by atoms with Gasteiger partial charge in [0.2, 0.25) is 5.91 Å². The van der Waals surface area contributed by atoms with Gasteiger partial charge in [-0.3, -0.25) is 4.79 Å². The van der Waals surface area contributed by atoms with E-state index in [0.717, 1.165) is 12.5 Å². The van der Waals surface area contributed by atoms with Gasteiger partial charge in [-0.05, 0) is 24.5 Å². The van der Waals surface area contributed by atoms with E-state index < -0.39 is 23.4 Å². The zero-order valence-corrected chi connectivity index (χ0v) is 10.7. The third kappa shape index (κ3) is 4.24.